The van der Waals surface area contributed by atoms with Crippen LogP contribution >= 0.6 is 0 Å². The number of methoxy groups -OCH3 is 1. The maximum absolute atomic E-state index is 12.8. The van der Waals surface area contributed by atoms with E-state index in [2.05, 4.69) is 10.1 Å². The summed E-state index contributed by atoms with van der Waals surface area (Å²) in [4.78, 5) is 4.49. The van der Waals surface area contributed by atoms with E-state index < -0.39 is 10.0 Å². The second-order valence-electron chi connectivity index (χ2n) is 5.56. The summed E-state index contributed by atoms with van der Waals surface area (Å²) in [6, 6.07) is 6.43. The Morgan fingerprint density at radius 2 is 2.04 bits per heavy atom. The Labute approximate surface area is 135 Å². The predicted molar refractivity (Wildman–Crippen MR) is 82.8 cm³/mol. The van der Waals surface area contributed by atoms with Crippen LogP contribution in [0.1, 0.15) is 30.5 Å². The van der Waals surface area contributed by atoms with Crippen LogP contribution in [0.4, 0.5) is 0 Å². The molecule has 0 bridgehead atoms. The summed E-state index contributed by atoms with van der Waals surface area (Å²) >= 11 is 0. The lowest BCUT2D eigenvalue weighted by Crippen LogP contribution is -2.39. The molecule has 1 aromatic carbocycles. The summed E-state index contributed by atoms with van der Waals surface area (Å²) in [5.41, 5.74) is 0. The minimum atomic E-state index is -3.53. The fourth-order valence-corrected chi connectivity index (χ4v) is 4.26. The summed E-state index contributed by atoms with van der Waals surface area (Å²) in [5.74, 6) is 1.65. The zero-order valence-corrected chi connectivity index (χ0v) is 13.9. The molecule has 0 radical (unpaired) electrons. The van der Waals surface area contributed by atoms with E-state index in [4.69, 9.17) is 9.26 Å². The first-order valence-corrected chi connectivity index (χ1v) is 8.89. The SMILES string of the molecule is COc1ccc(S(=O)(=O)N2CCCC(c3nc(C)no3)C2)cc1. The van der Waals surface area contributed by atoms with Gasteiger partial charge in [-0.3, -0.25) is 0 Å². The van der Waals surface area contributed by atoms with E-state index in [9.17, 15) is 8.42 Å². The standard InChI is InChI=1S/C15H19N3O4S/c1-11-16-15(22-17-11)12-4-3-9-18(10-12)23(19,20)14-7-5-13(21-2)6-8-14/h5-8,12H,3-4,9-10H2,1-2H3. The summed E-state index contributed by atoms with van der Waals surface area (Å²) in [6.07, 6.45) is 1.61. The van der Waals surface area contributed by atoms with Gasteiger partial charge < -0.3 is 9.26 Å². The van der Waals surface area contributed by atoms with Crippen LogP contribution in [0, 0.1) is 6.92 Å². The number of nitrogens with zero attached hydrogens (tertiary/aromatic N) is 3. The highest BCUT2D eigenvalue weighted by Crippen LogP contribution is 2.29. The molecule has 0 N–H and O–H groups in total. The average Bonchev–Trinajstić information content (AvgIpc) is 3.01. The molecule has 0 spiro atoms. The number of sulfonamides is 1. The summed E-state index contributed by atoms with van der Waals surface area (Å²) < 4.78 is 37.3. The molecule has 1 unspecified atom stereocenters. The van der Waals surface area contributed by atoms with E-state index in [1.165, 1.54) is 4.31 Å². The number of aryl methyl sites for hydroxylation is 1. The maximum atomic E-state index is 12.8. The topological polar surface area (TPSA) is 85.5 Å². The molecule has 2 aromatic rings. The molecule has 124 valence electrons. The van der Waals surface area contributed by atoms with Gasteiger partial charge in [0.15, 0.2) is 5.82 Å². The number of ether oxygens (including phenoxy) is 1. The van der Waals surface area contributed by atoms with Crippen molar-refractivity contribution in [1.29, 1.82) is 0 Å². The molecule has 1 aliphatic rings. The molecule has 8 heteroatoms. The Morgan fingerprint density at radius 1 is 1.30 bits per heavy atom. The second-order valence-corrected chi connectivity index (χ2v) is 7.50. The fourth-order valence-electron chi connectivity index (χ4n) is 2.74. The van der Waals surface area contributed by atoms with E-state index >= 15 is 0 Å². The van der Waals surface area contributed by atoms with Gasteiger partial charge in [-0.1, -0.05) is 5.16 Å². The highest BCUT2D eigenvalue weighted by molar-refractivity contribution is 7.89. The van der Waals surface area contributed by atoms with Gasteiger partial charge in [-0.05, 0) is 44.0 Å². The number of hydrogen-bond acceptors (Lipinski definition) is 6. The zero-order chi connectivity index (χ0) is 16.4. The van der Waals surface area contributed by atoms with E-state index in [-0.39, 0.29) is 10.8 Å². The third-order valence-corrected chi connectivity index (χ3v) is 5.85. The van der Waals surface area contributed by atoms with Crippen molar-refractivity contribution in [2.45, 2.75) is 30.6 Å². The van der Waals surface area contributed by atoms with E-state index in [1.807, 2.05) is 0 Å². The Hall–Kier alpha value is -1.93. The van der Waals surface area contributed by atoms with Gasteiger partial charge in [-0.2, -0.15) is 9.29 Å². The number of benzene rings is 1. The molecule has 1 saturated heterocycles. The van der Waals surface area contributed by atoms with Crippen molar-refractivity contribution >= 4 is 10.0 Å². The third-order valence-electron chi connectivity index (χ3n) is 3.97. The minimum absolute atomic E-state index is 0.0574. The molecule has 2 heterocycles. The lowest BCUT2D eigenvalue weighted by Gasteiger charge is -2.30. The molecule has 0 saturated carbocycles. The van der Waals surface area contributed by atoms with Crippen LogP contribution in [0.3, 0.4) is 0 Å². The lowest BCUT2D eigenvalue weighted by atomic mass is 10.00. The molecular weight excluding hydrogens is 318 g/mol. The maximum Gasteiger partial charge on any atom is 0.243 e. The van der Waals surface area contributed by atoms with Gasteiger partial charge in [0, 0.05) is 13.1 Å². The monoisotopic (exact) mass is 337 g/mol. The molecule has 1 atom stereocenters. The smallest absolute Gasteiger partial charge is 0.243 e. The molecule has 7 nitrogen and oxygen atoms in total. The van der Waals surface area contributed by atoms with Crippen molar-refractivity contribution in [3.63, 3.8) is 0 Å². The normalized spacial score (nSPS) is 19.7. The number of aromatic nitrogens is 2. The van der Waals surface area contributed by atoms with E-state index in [1.54, 1.807) is 38.3 Å². The molecule has 1 aliphatic heterocycles. The van der Waals surface area contributed by atoms with E-state index in [0.29, 0.717) is 30.6 Å². The zero-order valence-electron chi connectivity index (χ0n) is 13.1. The molecule has 0 amide bonds. The molecular formula is C15H19N3O4S. The first-order chi connectivity index (χ1) is 11.0. The van der Waals surface area contributed by atoms with Gasteiger partial charge in [-0.15, -0.1) is 0 Å². The van der Waals surface area contributed by atoms with Crippen molar-refractivity contribution in [2.24, 2.45) is 0 Å². The van der Waals surface area contributed by atoms with Gasteiger partial charge in [0.2, 0.25) is 15.9 Å². The minimum Gasteiger partial charge on any atom is -0.497 e. The Morgan fingerprint density at radius 3 is 2.65 bits per heavy atom. The summed E-state index contributed by atoms with van der Waals surface area (Å²) in [5, 5.41) is 3.79. The van der Waals surface area contributed by atoms with Crippen molar-refractivity contribution in [1.82, 2.24) is 14.4 Å². The first-order valence-electron chi connectivity index (χ1n) is 7.45. The number of hydrogen-bond donors (Lipinski definition) is 0. The van der Waals surface area contributed by atoms with Crippen molar-refractivity contribution in [2.75, 3.05) is 20.2 Å². The molecule has 23 heavy (non-hydrogen) atoms. The lowest BCUT2D eigenvalue weighted by molar-refractivity contribution is 0.265. The van der Waals surface area contributed by atoms with Gasteiger partial charge in [-0.25, -0.2) is 8.42 Å². The third kappa shape index (κ3) is 3.23. The van der Waals surface area contributed by atoms with E-state index in [0.717, 1.165) is 12.8 Å². The Balaban J connectivity index is 1.81. The highest BCUT2D eigenvalue weighted by atomic mass is 32.2. The Bertz CT molecular complexity index is 770. The number of piperidine rings is 1. The van der Waals surface area contributed by atoms with Crippen LogP contribution in [0.15, 0.2) is 33.7 Å². The van der Waals surface area contributed by atoms with Crippen molar-refractivity contribution in [3.05, 3.63) is 36.0 Å². The molecule has 3 rings (SSSR count). The highest BCUT2D eigenvalue weighted by Gasteiger charge is 2.33. The quantitative estimate of drug-likeness (QED) is 0.848. The van der Waals surface area contributed by atoms with Crippen LogP contribution in [0.2, 0.25) is 0 Å². The second kappa shape index (κ2) is 6.29. The van der Waals surface area contributed by atoms with Crippen LogP contribution < -0.4 is 4.74 Å². The largest absolute Gasteiger partial charge is 0.497 e. The Kier molecular flexibility index (Phi) is 4.36. The average molecular weight is 337 g/mol. The predicted octanol–water partition coefficient (Wildman–Crippen LogP) is 1.95. The first kappa shape index (κ1) is 15.9. The fraction of sp³-hybridized carbons (Fsp3) is 0.467. The molecule has 1 aromatic heterocycles. The van der Waals surface area contributed by atoms with Crippen molar-refractivity contribution in [3.8, 4) is 5.75 Å². The van der Waals surface area contributed by atoms with Crippen LogP contribution in [0.5, 0.6) is 5.75 Å². The molecule has 1 fully saturated rings. The molecule has 0 aliphatic carbocycles. The number of rotatable bonds is 4. The van der Waals surface area contributed by atoms with Gasteiger partial charge in [0.25, 0.3) is 0 Å². The van der Waals surface area contributed by atoms with Crippen LogP contribution in [-0.4, -0.2) is 43.1 Å². The van der Waals surface area contributed by atoms with Gasteiger partial charge in [0.05, 0.1) is 17.9 Å². The van der Waals surface area contributed by atoms with Crippen LogP contribution in [-0.2, 0) is 10.0 Å². The van der Waals surface area contributed by atoms with Gasteiger partial charge in [0.1, 0.15) is 5.75 Å². The van der Waals surface area contributed by atoms with Crippen molar-refractivity contribution < 1.29 is 17.7 Å². The summed E-state index contributed by atoms with van der Waals surface area (Å²) in [7, 11) is -1.99. The summed E-state index contributed by atoms with van der Waals surface area (Å²) in [6.45, 7) is 2.61. The van der Waals surface area contributed by atoms with Gasteiger partial charge >= 0.3 is 0 Å². The van der Waals surface area contributed by atoms with Crippen LogP contribution in [0.25, 0.3) is 0 Å².